The van der Waals surface area contributed by atoms with Crippen LogP contribution in [0, 0.1) is 15.5 Å². The Bertz CT molecular complexity index is 671. The lowest BCUT2D eigenvalue weighted by atomic mass is 10.2. The number of nitrogens with zero attached hydrogens (tertiary/aromatic N) is 1. The molecule has 0 unspecified atom stereocenters. The van der Waals surface area contributed by atoms with Crippen LogP contribution >= 0.6 is 11.6 Å². The first-order valence-corrected chi connectivity index (χ1v) is 5.91. The number of nitrogens with two attached hydrogens (primary N) is 1. The van der Waals surface area contributed by atoms with Crippen LogP contribution in [0.3, 0.4) is 0 Å². The SMILES string of the molecule is N=C(N)c1ccc(Oc2ccc(Cl)cc2[N+](=O)[O-])cc1. The molecule has 0 atom stereocenters. The molecule has 7 heteroatoms. The molecule has 6 nitrogen and oxygen atoms in total. The third-order valence-corrected chi connectivity index (χ3v) is 2.75. The fourth-order valence-electron chi connectivity index (χ4n) is 1.55. The summed E-state index contributed by atoms with van der Waals surface area (Å²) < 4.78 is 5.45. The van der Waals surface area contributed by atoms with Crippen molar-refractivity contribution < 1.29 is 9.66 Å². The van der Waals surface area contributed by atoms with Crippen LogP contribution in [0.15, 0.2) is 42.5 Å². The van der Waals surface area contributed by atoms with E-state index in [4.69, 9.17) is 27.5 Å². The summed E-state index contributed by atoms with van der Waals surface area (Å²) in [5.41, 5.74) is 5.67. The highest BCUT2D eigenvalue weighted by molar-refractivity contribution is 6.30. The molecule has 0 aliphatic rings. The van der Waals surface area contributed by atoms with Crippen molar-refractivity contribution in [2.45, 2.75) is 0 Å². The number of nitro benzene ring substituents is 1. The van der Waals surface area contributed by atoms with E-state index in [1.807, 2.05) is 0 Å². The average Bonchev–Trinajstić information content (AvgIpc) is 2.41. The molecule has 0 heterocycles. The van der Waals surface area contributed by atoms with E-state index in [1.165, 1.54) is 18.2 Å². The molecule has 2 aromatic carbocycles. The number of ether oxygens (including phenoxy) is 1. The van der Waals surface area contributed by atoms with Crippen LogP contribution in [0.1, 0.15) is 5.56 Å². The molecule has 0 saturated heterocycles. The van der Waals surface area contributed by atoms with Gasteiger partial charge in [-0.1, -0.05) is 11.6 Å². The number of benzene rings is 2. The molecule has 0 fully saturated rings. The first-order valence-electron chi connectivity index (χ1n) is 5.53. The van der Waals surface area contributed by atoms with Gasteiger partial charge >= 0.3 is 5.69 Å². The van der Waals surface area contributed by atoms with Gasteiger partial charge in [0.25, 0.3) is 0 Å². The summed E-state index contributed by atoms with van der Waals surface area (Å²) in [6.45, 7) is 0. The summed E-state index contributed by atoms with van der Waals surface area (Å²) in [6, 6.07) is 10.5. The smallest absolute Gasteiger partial charge is 0.313 e. The van der Waals surface area contributed by atoms with Gasteiger partial charge in [0.2, 0.25) is 5.75 Å². The van der Waals surface area contributed by atoms with Gasteiger partial charge < -0.3 is 10.5 Å². The minimum absolute atomic E-state index is 0.0611. The summed E-state index contributed by atoms with van der Waals surface area (Å²) in [7, 11) is 0. The lowest BCUT2D eigenvalue weighted by Crippen LogP contribution is -2.10. The van der Waals surface area contributed by atoms with E-state index in [-0.39, 0.29) is 22.3 Å². The first kappa shape index (κ1) is 13.8. The number of hydrogen-bond acceptors (Lipinski definition) is 4. The predicted octanol–water partition coefficient (Wildman–Crippen LogP) is 3.32. The van der Waals surface area contributed by atoms with Crippen molar-refractivity contribution in [2.75, 3.05) is 0 Å². The van der Waals surface area contributed by atoms with Crippen molar-refractivity contribution in [3.05, 3.63) is 63.2 Å². The topological polar surface area (TPSA) is 102 Å². The molecule has 2 aromatic rings. The monoisotopic (exact) mass is 291 g/mol. The Morgan fingerprint density at radius 3 is 2.45 bits per heavy atom. The highest BCUT2D eigenvalue weighted by Gasteiger charge is 2.16. The van der Waals surface area contributed by atoms with Gasteiger partial charge in [-0.25, -0.2) is 0 Å². The number of halogens is 1. The molecule has 0 aliphatic heterocycles. The zero-order valence-corrected chi connectivity index (χ0v) is 10.9. The summed E-state index contributed by atoms with van der Waals surface area (Å²) in [5.74, 6) is 0.435. The van der Waals surface area contributed by atoms with Gasteiger partial charge in [-0.15, -0.1) is 0 Å². The molecule has 20 heavy (non-hydrogen) atoms. The molecule has 0 bridgehead atoms. The highest BCUT2D eigenvalue weighted by Crippen LogP contribution is 2.33. The van der Waals surface area contributed by atoms with Gasteiger partial charge in [0.15, 0.2) is 0 Å². The fourth-order valence-corrected chi connectivity index (χ4v) is 1.72. The van der Waals surface area contributed by atoms with Crippen molar-refractivity contribution in [3.8, 4) is 11.5 Å². The second kappa shape index (κ2) is 5.58. The Kier molecular flexibility index (Phi) is 3.86. The van der Waals surface area contributed by atoms with Crippen LogP contribution in [-0.2, 0) is 0 Å². The van der Waals surface area contributed by atoms with Crippen LogP contribution < -0.4 is 10.5 Å². The van der Waals surface area contributed by atoms with Crippen molar-refractivity contribution in [1.82, 2.24) is 0 Å². The Morgan fingerprint density at radius 1 is 1.25 bits per heavy atom. The van der Waals surface area contributed by atoms with Crippen molar-refractivity contribution in [2.24, 2.45) is 5.73 Å². The second-order valence-corrected chi connectivity index (χ2v) is 4.35. The summed E-state index contributed by atoms with van der Waals surface area (Å²) in [6.07, 6.45) is 0. The highest BCUT2D eigenvalue weighted by atomic mass is 35.5. The van der Waals surface area contributed by atoms with Crippen LogP contribution in [-0.4, -0.2) is 10.8 Å². The largest absolute Gasteiger partial charge is 0.450 e. The van der Waals surface area contributed by atoms with Crippen LogP contribution in [0.2, 0.25) is 5.02 Å². The number of rotatable bonds is 4. The van der Waals surface area contributed by atoms with Crippen molar-refractivity contribution in [3.63, 3.8) is 0 Å². The maximum Gasteiger partial charge on any atom is 0.313 e. The van der Waals surface area contributed by atoms with Crippen LogP contribution in [0.5, 0.6) is 11.5 Å². The molecule has 0 radical (unpaired) electrons. The van der Waals surface area contributed by atoms with E-state index in [9.17, 15) is 10.1 Å². The number of nitro groups is 1. The minimum atomic E-state index is -0.564. The van der Waals surface area contributed by atoms with Crippen LogP contribution in [0.25, 0.3) is 0 Å². The summed E-state index contributed by atoms with van der Waals surface area (Å²) >= 11 is 5.72. The van der Waals surface area contributed by atoms with Gasteiger partial charge in [0.05, 0.1) is 4.92 Å². The van der Waals surface area contributed by atoms with Crippen molar-refractivity contribution in [1.29, 1.82) is 5.41 Å². The Balaban J connectivity index is 2.30. The van der Waals surface area contributed by atoms with E-state index in [2.05, 4.69) is 0 Å². The standard InChI is InChI=1S/C13H10ClN3O3/c14-9-3-6-12(11(7-9)17(18)19)20-10-4-1-8(2-5-10)13(15)16/h1-7H,(H3,15,16). The normalized spacial score (nSPS) is 10.1. The maximum absolute atomic E-state index is 10.9. The maximum atomic E-state index is 10.9. The third kappa shape index (κ3) is 3.04. The lowest BCUT2D eigenvalue weighted by molar-refractivity contribution is -0.385. The molecule has 0 aromatic heterocycles. The molecule has 0 amide bonds. The van der Waals surface area contributed by atoms with Crippen LogP contribution in [0.4, 0.5) is 5.69 Å². The van der Waals surface area contributed by atoms with E-state index >= 15 is 0 Å². The molecular weight excluding hydrogens is 282 g/mol. The fraction of sp³-hybridized carbons (Fsp3) is 0. The van der Waals surface area contributed by atoms with E-state index in [0.29, 0.717) is 11.3 Å². The average molecular weight is 292 g/mol. The van der Waals surface area contributed by atoms with E-state index in [1.54, 1.807) is 24.3 Å². The Labute approximate surface area is 119 Å². The summed E-state index contributed by atoms with van der Waals surface area (Å²) in [4.78, 5) is 10.4. The Hall–Kier alpha value is -2.60. The second-order valence-electron chi connectivity index (χ2n) is 3.91. The van der Waals surface area contributed by atoms with Gasteiger partial charge in [-0.3, -0.25) is 15.5 Å². The van der Waals surface area contributed by atoms with Gasteiger partial charge in [0.1, 0.15) is 11.6 Å². The number of hydrogen-bond donors (Lipinski definition) is 2. The molecule has 0 saturated carbocycles. The quantitative estimate of drug-likeness (QED) is 0.390. The van der Waals surface area contributed by atoms with E-state index in [0.717, 1.165) is 0 Å². The zero-order chi connectivity index (χ0) is 14.7. The van der Waals surface area contributed by atoms with Gasteiger partial charge in [0, 0.05) is 16.7 Å². The number of amidine groups is 1. The molecule has 3 N–H and O–H groups in total. The predicted molar refractivity (Wildman–Crippen MR) is 75.6 cm³/mol. The van der Waals surface area contributed by atoms with Gasteiger partial charge in [-0.05, 0) is 36.4 Å². The molecule has 102 valence electrons. The minimum Gasteiger partial charge on any atom is -0.450 e. The van der Waals surface area contributed by atoms with Crippen molar-refractivity contribution >= 4 is 23.1 Å². The molecule has 0 spiro atoms. The van der Waals surface area contributed by atoms with E-state index < -0.39 is 4.92 Å². The molecular formula is C13H10ClN3O3. The zero-order valence-electron chi connectivity index (χ0n) is 10.2. The first-order chi connectivity index (χ1) is 9.47. The van der Waals surface area contributed by atoms with Gasteiger partial charge in [-0.2, -0.15) is 0 Å². The summed E-state index contributed by atoms with van der Waals surface area (Å²) in [5, 5.41) is 18.5. The molecule has 2 rings (SSSR count). The third-order valence-electron chi connectivity index (χ3n) is 2.51. The number of nitrogens with one attached hydrogen (secondary N) is 1. The molecule has 0 aliphatic carbocycles. The Morgan fingerprint density at radius 2 is 1.90 bits per heavy atom. The lowest BCUT2D eigenvalue weighted by Gasteiger charge is -2.07. The number of nitrogen functional groups attached to an aromatic ring is 1.